The van der Waals surface area contributed by atoms with Gasteiger partial charge in [-0.25, -0.2) is 0 Å². The third kappa shape index (κ3) is 5.18. The van der Waals surface area contributed by atoms with E-state index in [1.54, 1.807) is 7.11 Å². The highest BCUT2D eigenvalue weighted by atomic mass is 16.5. The Morgan fingerprint density at radius 2 is 1.91 bits per heavy atom. The molecule has 0 spiro atoms. The Balaban J connectivity index is 3.69. The zero-order chi connectivity index (χ0) is 8.85. The van der Waals surface area contributed by atoms with Crippen molar-refractivity contribution in [1.82, 2.24) is 10.4 Å². The van der Waals surface area contributed by atoms with Crippen molar-refractivity contribution in [3.63, 3.8) is 0 Å². The fourth-order valence-electron chi connectivity index (χ4n) is 0.890. The van der Waals surface area contributed by atoms with Crippen LogP contribution in [0.2, 0.25) is 0 Å². The van der Waals surface area contributed by atoms with Crippen molar-refractivity contribution in [2.24, 2.45) is 5.92 Å². The monoisotopic (exact) mass is 160 g/mol. The van der Waals surface area contributed by atoms with Gasteiger partial charge in [-0.05, 0) is 5.92 Å². The van der Waals surface area contributed by atoms with Crippen LogP contribution in [0, 0.1) is 5.92 Å². The average Bonchev–Trinajstić information content (AvgIpc) is 1.86. The van der Waals surface area contributed by atoms with Gasteiger partial charge in [0.1, 0.15) is 0 Å². The topological polar surface area (TPSA) is 24.5 Å². The molecule has 3 heteroatoms. The number of hydrazine groups is 1. The maximum Gasteiger partial charge on any atom is 0.0632 e. The molecular weight excluding hydrogens is 140 g/mol. The molecule has 68 valence electrons. The number of hydrogen-bond acceptors (Lipinski definition) is 3. The van der Waals surface area contributed by atoms with Crippen LogP contribution in [0.5, 0.6) is 0 Å². The summed E-state index contributed by atoms with van der Waals surface area (Å²) in [5.41, 5.74) is 3.29. The Morgan fingerprint density at radius 3 is 2.18 bits per heavy atom. The molecule has 1 unspecified atom stereocenters. The van der Waals surface area contributed by atoms with Crippen molar-refractivity contribution in [2.45, 2.75) is 19.9 Å². The van der Waals surface area contributed by atoms with E-state index in [2.05, 4.69) is 19.3 Å². The normalized spacial score (nSPS) is 14.5. The molecule has 0 aromatic carbocycles. The minimum Gasteiger partial charge on any atom is -0.383 e. The van der Waals surface area contributed by atoms with Crippen LogP contribution in [0.15, 0.2) is 0 Å². The standard InChI is InChI=1S/C8H20N2O/c1-7(2)8(6-11-5)9-10(3)4/h7-9H,6H2,1-5H3. The number of methoxy groups -OCH3 is 1. The van der Waals surface area contributed by atoms with Gasteiger partial charge >= 0.3 is 0 Å². The smallest absolute Gasteiger partial charge is 0.0632 e. The summed E-state index contributed by atoms with van der Waals surface area (Å²) in [4.78, 5) is 0. The second-order valence-corrected chi connectivity index (χ2v) is 3.33. The molecule has 1 N–H and O–H groups in total. The fraction of sp³-hybridized carbons (Fsp3) is 1.00. The highest BCUT2D eigenvalue weighted by Crippen LogP contribution is 2.01. The van der Waals surface area contributed by atoms with Gasteiger partial charge in [-0.15, -0.1) is 0 Å². The quantitative estimate of drug-likeness (QED) is 0.600. The lowest BCUT2D eigenvalue weighted by atomic mass is 10.1. The summed E-state index contributed by atoms with van der Waals surface area (Å²) < 4.78 is 5.08. The van der Waals surface area contributed by atoms with Crippen LogP contribution in [-0.4, -0.2) is 38.9 Å². The Morgan fingerprint density at radius 1 is 1.36 bits per heavy atom. The Bertz CT molecular complexity index is 94.1. The van der Waals surface area contributed by atoms with Crippen molar-refractivity contribution in [3.8, 4) is 0 Å². The first kappa shape index (κ1) is 10.9. The van der Waals surface area contributed by atoms with Crippen molar-refractivity contribution in [3.05, 3.63) is 0 Å². The van der Waals surface area contributed by atoms with E-state index in [4.69, 9.17) is 4.74 Å². The largest absolute Gasteiger partial charge is 0.383 e. The lowest BCUT2D eigenvalue weighted by Gasteiger charge is -2.25. The number of rotatable bonds is 5. The highest BCUT2D eigenvalue weighted by Gasteiger charge is 2.12. The van der Waals surface area contributed by atoms with Crippen molar-refractivity contribution in [1.29, 1.82) is 0 Å². The molecule has 0 heterocycles. The van der Waals surface area contributed by atoms with Gasteiger partial charge in [0.05, 0.1) is 6.61 Å². The third-order valence-corrected chi connectivity index (χ3v) is 1.57. The van der Waals surface area contributed by atoms with Gasteiger partial charge in [-0.1, -0.05) is 13.8 Å². The van der Waals surface area contributed by atoms with Crippen LogP contribution in [0.3, 0.4) is 0 Å². The van der Waals surface area contributed by atoms with E-state index in [1.165, 1.54) is 0 Å². The van der Waals surface area contributed by atoms with Gasteiger partial charge in [0, 0.05) is 27.2 Å². The first-order valence-electron chi connectivity index (χ1n) is 4.00. The molecule has 0 amide bonds. The van der Waals surface area contributed by atoms with Gasteiger partial charge in [-0.2, -0.15) is 0 Å². The van der Waals surface area contributed by atoms with Crippen molar-refractivity contribution in [2.75, 3.05) is 27.8 Å². The molecule has 0 saturated carbocycles. The molecule has 0 aliphatic carbocycles. The molecule has 0 aromatic rings. The minimum absolute atomic E-state index is 0.412. The first-order chi connectivity index (χ1) is 5.07. The van der Waals surface area contributed by atoms with Gasteiger partial charge in [0.15, 0.2) is 0 Å². The lowest BCUT2D eigenvalue weighted by Crippen LogP contribution is -2.45. The van der Waals surface area contributed by atoms with E-state index < -0.39 is 0 Å². The molecule has 0 aliphatic rings. The highest BCUT2D eigenvalue weighted by molar-refractivity contribution is 4.66. The molecule has 0 saturated heterocycles. The molecule has 1 atom stereocenters. The van der Waals surface area contributed by atoms with Crippen LogP contribution in [0.1, 0.15) is 13.8 Å². The van der Waals surface area contributed by atoms with Gasteiger partial charge in [0.2, 0.25) is 0 Å². The Kier molecular flexibility index (Phi) is 5.46. The molecule has 0 rings (SSSR count). The molecule has 0 bridgehead atoms. The van der Waals surface area contributed by atoms with E-state index in [0.29, 0.717) is 12.0 Å². The maximum absolute atomic E-state index is 5.08. The molecule has 0 fully saturated rings. The van der Waals surface area contributed by atoms with Crippen LogP contribution in [0.4, 0.5) is 0 Å². The average molecular weight is 160 g/mol. The Hall–Kier alpha value is -0.120. The number of hydrogen-bond donors (Lipinski definition) is 1. The summed E-state index contributed by atoms with van der Waals surface area (Å²) in [6.07, 6.45) is 0. The summed E-state index contributed by atoms with van der Waals surface area (Å²) in [6, 6.07) is 0.412. The molecule has 0 aromatic heterocycles. The van der Waals surface area contributed by atoms with Crippen LogP contribution in [-0.2, 0) is 4.74 Å². The number of ether oxygens (including phenoxy) is 1. The third-order valence-electron chi connectivity index (χ3n) is 1.57. The van der Waals surface area contributed by atoms with Crippen LogP contribution < -0.4 is 5.43 Å². The Labute approximate surface area is 69.7 Å². The van der Waals surface area contributed by atoms with Crippen LogP contribution >= 0.6 is 0 Å². The van der Waals surface area contributed by atoms with Crippen molar-refractivity contribution >= 4 is 0 Å². The summed E-state index contributed by atoms with van der Waals surface area (Å²) in [5, 5.41) is 1.96. The molecule has 3 nitrogen and oxygen atoms in total. The summed E-state index contributed by atoms with van der Waals surface area (Å²) in [5.74, 6) is 0.595. The zero-order valence-corrected chi connectivity index (χ0v) is 8.22. The van der Waals surface area contributed by atoms with E-state index in [9.17, 15) is 0 Å². The zero-order valence-electron chi connectivity index (χ0n) is 8.22. The van der Waals surface area contributed by atoms with Crippen molar-refractivity contribution < 1.29 is 4.74 Å². The van der Waals surface area contributed by atoms with E-state index in [-0.39, 0.29) is 0 Å². The molecular formula is C8H20N2O. The minimum atomic E-state index is 0.412. The predicted octanol–water partition coefficient (Wildman–Crippen LogP) is 0.724. The van der Waals surface area contributed by atoms with E-state index in [1.807, 2.05) is 19.1 Å². The second kappa shape index (κ2) is 5.52. The second-order valence-electron chi connectivity index (χ2n) is 3.33. The number of nitrogens with zero attached hydrogens (tertiary/aromatic N) is 1. The predicted molar refractivity (Wildman–Crippen MR) is 47.3 cm³/mol. The SMILES string of the molecule is COCC(NN(C)C)C(C)C. The lowest BCUT2D eigenvalue weighted by molar-refractivity contribution is 0.104. The van der Waals surface area contributed by atoms with Gasteiger partial charge < -0.3 is 4.74 Å². The molecule has 0 radical (unpaired) electrons. The maximum atomic E-state index is 5.08. The summed E-state index contributed by atoms with van der Waals surface area (Å²) in [6.45, 7) is 5.12. The molecule has 0 aliphatic heterocycles. The molecule has 11 heavy (non-hydrogen) atoms. The summed E-state index contributed by atoms with van der Waals surface area (Å²) in [7, 11) is 5.71. The van der Waals surface area contributed by atoms with E-state index in [0.717, 1.165) is 6.61 Å². The van der Waals surface area contributed by atoms with Gasteiger partial charge in [-0.3, -0.25) is 10.4 Å². The number of nitrogens with one attached hydrogen (secondary N) is 1. The van der Waals surface area contributed by atoms with Gasteiger partial charge in [0.25, 0.3) is 0 Å². The van der Waals surface area contributed by atoms with E-state index >= 15 is 0 Å². The van der Waals surface area contributed by atoms with Crippen LogP contribution in [0.25, 0.3) is 0 Å². The summed E-state index contributed by atoms with van der Waals surface area (Å²) >= 11 is 0. The first-order valence-corrected chi connectivity index (χ1v) is 4.00. The fourth-order valence-corrected chi connectivity index (χ4v) is 0.890.